The second kappa shape index (κ2) is 14.4. The van der Waals surface area contributed by atoms with Gasteiger partial charge in [0, 0.05) is 44.3 Å². The highest BCUT2D eigenvalue weighted by atomic mass is 28.3. The molecular formula is C65H54N2Si2. The summed E-state index contributed by atoms with van der Waals surface area (Å²) >= 11 is 0. The van der Waals surface area contributed by atoms with E-state index in [1.54, 1.807) is 5.19 Å². The van der Waals surface area contributed by atoms with Gasteiger partial charge in [0.25, 0.3) is 0 Å². The minimum absolute atomic E-state index is 0.271. The highest BCUT2D eigenvalue weighted by molar-refractivity contribution is 7.15. The van der Waals surface area contributed by atoms with Gasteiger partial charge in [-0.2, -0.15) is 0 Å². The molecule has 69 heavy (non-hydrogen) atoms. The van der Waals surface area contributed by atoms with Gasteiger partial charge in [-0.3, -0.25) is 0 Å². The van der Waals surface area contributed by atoms with Crippen LogP contribution in [0, 0.1) is 0 Å². The Balaban J connectivity index is 1.15. The molecule has 0 N–H and O–H groups in total. The number of nitrogens with zero attached hydrogens (tertiary/aromatic N) is 2. The Morgan fingerprint density at radius 1 is 0.377 bits per heavy atom. The maximum atomic E-state index is 2.67. The lowest BCUT2D eigenvalue weighted by atomic mass is 9.81. The van der Waals surface area contributed by atoms with Gasteiger partial charge in [0.05, 0.1) is 11.4 Å². The van der Waals surface area contributed by atoms with Crippen LogP contribution in [-0.2, 0) is 0 Å². The predicted octanol–water partition coefficient (Wildman–Crippen LogP) is 15.1. The van der Waals surface area contributed by atoms with Crippen molar-refractivity contribution in [2.45, 2.75) is 59.2 Å². The third-order valence-electron chi connectivity index (χ3n) is 16.6. The summed E-state index contributed by atoms with van der Waals surface area (Å²) in [7, 11) is -4.50. The van der Waals surface area contributed by atoms with Crippen LogP contribution < -0.4 is 35.7 Å². The number of rotatable bonds is 6. The van der Waals surface area contributed by atoms with Crippen LogP contribution >= 0.6 is 0 Å². The van der Waals surface area contributed by atoms with Crippen molar-refractivity contribution in [2.24, 2.45) is 0 Å². The average Bonchev–Trinajstić information content (AvgIpc) is 3.78. The predicted molar refractivity (Wildman–Crippen MR) is 303 cm³/mol. The van der Waals surface area contributed by atoms with Crippen LogP contribution in [0.2, 0.25) is 19.6 Å². The molecule has 0 saturated heterocycles. The molecule has 4 heteroatoms. The first-order valence-corrected chi connectivity index (χ1v) is 30.5. The van der Waals surface area contributed by atoms with Crippen molar-refractivity contribution in [1.82, 2.24) is 0 Å². The molecule has 3 aliphatic rings. The van der Waals surface area contributed by atoms with Gasteiger partial charge in [-0.25, -0.2) is 0 Å². The molecule has 0 aromatic heterocycles. The molecule has 0 radical (unpaired) electrons. The zero-order valence-electron chi connectivity index (χ0n) is 40.4. The van der Waals surface area contributed by atoms with Crippen molar-refractivity contribution in [3.8, 4) is 22.3 Å². The third-order valence-corrected chi connectivity index (χ3v) is 24.7. The normalized spacial score (nSPS) is 16.2. The molecule has 14 rings (SSSR count). The highest BCUT2D eigenvalue weighted by Gasteiger charge is 2.50. The van der Waals surface area contributed by atoms with Crippen molar-refractivity contribution in [2.75, 3.05) is 9.80 Å². The van der Waals surface area contributed by atoms with Gasteiger partial charge < -0.3 is 9.80 Å². The van der Waals surface area contributed by atoms with Crippen LogP contribution in [0.4, 0.5) is 34.1 Å². The van der Waals surface area contributed by atoms with Gasteiger partial charge in [-0.15, -0.1) is 0 Å². The summed E-state index contributed by atoms with van der Waals surface area (Å²) in [5.41, 5.74) is 16.0. The molecule has 0 spiro atoms. The summed E-state index contributed by atoms with van der Waals surface area (Å²) in [4.78, 5) is 5.33. The van der Waals surface area contributed by atoms with Crippen molar-refractivity contribution in [3.05, 3.63) is 199 Å². The molecule has 0 saturated carbocycles. The highest BCUT2D eigenvalue weighted by Crippen LogP contribution is 2.55. The molecule has 0 bridgehead atoms. The summed E-state index contributed by atoms with van der Waals surface area (Å²) < 4.78 is 0. The number of para-hydroxylation sites is 2. The number of hydrogen-bond donors (Lipinski definition) is 0. The molecule has 2 nitrogen and oxygen atoms in total. The van der Waals surface area contributed by atoms with E-state index in [4.69, 9.17) is 0 Å². The van der Waals surface area contributed by atoms with E-state index < -0.39 is 16.1 Å². The zero-order chi connectivity index (χ0) is 46.7. The molecule has 0 aliphatic carbocycles. The SMILES string of the molecule is CC(C)c1cc(N(c2ccccc2)c2cccc3c2[Si](C)(C)c2ccccc2-3)c2c3ccccc3c3c(C(C)C)cc(N4c5ccccc5[Si]5(C)c6ccccc6-c6cccc4c65)c4ccc1c2c43. The van der Waals surface area contributed by atoms with Gasteiger partial charge in [-0.05, 0) is 135 Å². The number of hydrogen-bond acceptors (Lipinski definition) is 2. The molecule has 0 fully saturated rings. The Hall–Kier alpha value is -7.25. The van der Waals surface area contributed by atoms with E-state index >= 15 is 0 Å². The third kappa shape index (κ3) is 5.26. The standard InChI is InChI=1S/C65H54N2Si2/c1-39(2)50-37-56(66(41-21-9-8-10-22-41)53-30-19-27-47-42-23-13-16-32-57(42)68(5,6)64(47)53)61-45-26-12-11-25-44(45)60-51(40(3)4)38-55(49-36-35-46(50)62(61)63(49)60)67-52-29-15-18-34-59(52)69(7)58-33-17-14-24-43(58)48-28-20-31-54(67)65(48)69/h8-40H,1-7H3. The lowest BCUT2D eigenvalue weighted by Crippen LogP contribution is -2.66. The lowest BCUT2D eigenvalue weighted by molar-refractivity contribution is 0.876. The fourth-order valence-corrected chi connectivity index (χ4v) is 21.8. The van der Waals surface area contributed by atoms with Crippen molar-refractivity contribution >= 4 is 119 Å². The molecule has 1 atom stereocenters. The topological polar surface area (TPSA) is 6.48 Å². The molecule has 1 unspecified atom stereocenters. The fourth-order valence-electron chi connectivity index (χ4n) is 13.7. The number of anilines is 6. The van der Waals surface area contributed by atoms with E-state index in [1.807, 2.05) is 0 Å². The quantitative estimate of drug-likeness (QED) is 0.0931. The minimum atomic E-state index is -2.34. The molecule has 3 heterocycles. The first kappa shape index (κ1) is 40.8. The van der Waals surface area contributed by atoms with E-state index in [0.29, 0.717) is 0 Å². The Morgan fingerprint density at radius 2 is 0.928 bits per heavy atom. The van der Waals surface area contributed by atoms with Gasteiger partial charge in [-0.1, -0.05) is 193 Å². The van der Waals surface area contributed by atoms with Gasteiger partial charge in [0.15, 0.2) is 8.07 Å². The van der Waals surface area contributed by atoms with Gasteiger partial charge >= 0.3 is 0 Å². The molecule has 0 amide bonds. The van der Waals surface area contributed by atoms with Crippen LogP contribution in [0.5, 0.6) is 0 Å². The van der Waals surface area contributed by atoms with E-state index in [2.05, 4.69) is 245 Å². The molecule has 11 aromatic rings. The van der Waals surface area contributed by atoms with Crippen LogP contribution in [0.1, 0.15) is 50.7 Å². The Bertz CT molecular complexity index is 3980. The zero-order valence-corrected chi connectivity index (χ0v) is 42.4. The largest absolute Gasteiger partial charge is 0.310 e. The number of benzene rings is 11. The molecule has 3 aliphatic heterocycles. The van der Waals surface area contributed by atoms with Crippen molar-refractivity contribution in [3.63, 3.8) is 0 Å². The first-order valence-electron chi connectivity index (χ1n) is 25.0. The van der Waals surface area contributed by atoms with E-state index in [1.165, 1.54) is 131 Å². The Labute approximate surface area is 407 Å². The summed E-state index contributed by atoms with van der Waals surface area (Å²) in [5.74, 6) is 0.552. The minimum Gasteiger partial charge on any atom is -0.310 e. The average molecular weight is 919 g/mol. The lowest BCUT2D eigenvalue weighted by Gasteiger charge is -2.42. The molecular weight excluding hydrogens is 865 g/mol. The van der Waals surface area contributed by atoms with Crippen LogP contribution in [0.3, 0.4) is 0 Å². The summed E-state index contributed by atoms with van der Waals surface area (Å²) in [6.45, 7) is 17.3. The molecule has 332 valence electrons. The Kier molecular flexibility index (Phi) is 8.51. The van der Waals surface area contributed by atoms with Gasteiger partial charge in [0.1, 0.15) is 8.07 Å². The van der Waals surface area contributed by atoms with Crippen LogP contribution in [0.25, 0.3) is 65.3 Å². The fraction of sp³-hybridized carbons (Fsp3) is 0.138. The summed E-state index contributed by atoms with van der Waals surface area (Å²) in [6.07, 6.45) is 0. The number of fused-ring (bicyclic) bond motifs is 11. The molecule has 11 aromatic carbocycles. The second-order valence-corrected chi connectivity index (χ2v) is 29.4. The Morgan fingerprint density at radius 3 is 1.67 bits per heavy atom. The summed E-state index contributed by atoms with van der Waals surface area (Å²) in [5, 5.41) is 18.3. The van der Waals surface area contributed by atoms with E-state index in [0.717, 1.165) is 0 Å². The first-order chi connectivity index (χ1) is 33.6. The van der Waals surface area contributed by atoms with E-state index in [9.17, 15) is 0 Å². The maximum absolute atomic E-state index is 2.67. The van der Waals surface area contributed by atoms with Gasteiger partial charge in [0.2, 0.25) is 0 Å². The van der Waals surface area contributed by atoms with Crippen LogP contribution in [0.15, 0.2) is 188 Å². The monoisotopic (exact) mass is 918 g/mol. The maximum Gasteiger partial charge on any atom is 0.152 e. The van der Waals surface area contributed by atoms with Crippen LogP contribution in [-0.4, -0.2) is 16.1 Å². The van der Waals surface area contributed by atoms with Crippen molar-refractivity contribution < 1.29 is 0 Å². The van der Waals surface area contributed by atoms with E-state index in [-0.39, 0.29) is 11.8 Å². The second-order valence-electron chi connectivity index (χ2n) is 21.2. The summed E-state index contributed by atoms with van der Waals surface area (Å²) in [6, 6.07) is 72.7. The van der Waals surface area contributed by atoms with Crippen molar-refractivity contribution in [1.29, 1.82) is 0 Å². The smallest absolute Gasteiger partial charge is 0.152 e.